The van der Waals surface area contributed by atoms with Crippen molar-refractivity contribution in [2.24, 2.45) is 0 Å². The van der Waals surface area contributed by atoms with E-state index in [1.807, 2.05) is 6.07 Å². The van der Waals surface area contributed by atoms with Crippen molar-refractivity contribution in [2.45, 2.75) is 37.6 Å². The minimum absolute atomic E-state index is 0.114. The van der Waals surface area contributed by atoms with Gasteiger partial charge in [0.2, 0.25) is 0 Å². The van der Waals surface area contributed by atoms with Crippen LogP contribution in [0.3, 0.4) is 0 Å². The zero-order valence-corrected chi connectivity index (χ0v) is 19.7. The average molecular weight is 500 g/mol. The van der Waals surface area contributed by atoms with Gasteiger partial charge in [-0.15, -0.1) is 0 Å². The molecule has 5 rings (SSSR count). The summed E-state index contributed by atoms with van der Waals surface area (Å²) in [5, 5.41) is 2.91. The highest BCUT2D eigenvalue weighted by Gasteiger charge is 2.32. The van der Waals surface area contributed by atoms with Crippen molar-refractivity contribution in [3.63, 3.8) is 0 Å². The molecule has 0 radical (unpaired) electrons. The quantitative estimate of drug-likeness (QED) is 0.543. The third-order valence-electron chi connectivity index (χ3n) is 7.28. The van der Waals surface area contributed by atoms with Gasteiger partial charge in [0.1, 0.15) is 11.5 Å². The first-order valence-corrected chi connectivity index (χ1v) is 12.2. The summed E-state index contributed by atoms with van der Waals surface area (Å²) in [5.74, 6) is -0.871. The van der Waals surface area contributed by atoms with Gasteiger partial charge in [-0.05, 0) is 48.9 Å². The third-order valence-corrected chi connectivity index (χ3v) is 7.28. The van der Waals surface area contributed by atoms with Crippen LogP contribution >= 0.6 is 0 Å². The van der Waals surface area contributed by atoms with E-state index in [0.717, 1.165) is 56.8 Å². The van der Waals surface area contributed by atoms with Gasteiger partial charge >= 0.3 is 0 Å². The third kappa shape index (κ3) is 5.09. The Balaban J connectivity index is 1.17. The van der Waals surface area contributed by atoms with Gasteiger partial charge in [0, 0.05) is 43.8 Å². The van der Waals surface area contributed by atoms with E-state index in [4.69, 9.17) is 0 Å². The lowest BCUT2D eigenvalue weighted by molar-refractivity contribution is 0.0887. The monoisotopic (exact) mass is 499 g/mol. The molecule has 1 saturated heterocycles. The SMILES string of the molecule is O=C(NCC(F)F)c1ccc(N2CCN([C@H]3CC[C@@H](c4cc5cccc(F)c5c(=O)[nH]4)C3)CC2)cn1. The highest BCUT2D eigenvalue weighted by molar-refractivity contribution is 5.92. The van der Waals surface area contributed by atoms with Crippen molar-refractivity contribution in [1.82, 2.24) is 20.2 Å². The Hall–Kier alpha value is -3.40. The molecule has 7 nitrogen and oxygen atoms in total. The Bertz CT molecular complexity index is 1290. The number of fused-ring (bicyclic) bond motifs is 1. The molecule has 1 aromatic carbocycles. The Morgan fingerprint density at radius 3 is 2.67 bits per heavy atom. The first-order chi connectivity index (χ1) is 17.4. The highest BCUT2D eigenvalue weighted by Crippen LogP contribution is 2.37. The normalized spacial score (nSPS) is 20.8. The van der Waals surface area contributed by atoms with Crippen LogP contribution in [0.5, 0.6) is 0 Å². The Morgan fingerprint density at radius 1 is 1.14 bits per heavy atom. The first-order valence-electron chi connectivity index (χ1n) is 12.2. The fourth-order valence-electron chi connectivity index (χ4n) is 5.40. The molecule has 1 aliphatic heterocycles. The van der Waals surface area contributed by atoms with Crippen LogP contribution in [0.2, 0.25) is 0 Å². The maximum absolute atomic E-state index is 14.1. The Labute approximate surface area is 206 Å². The van der Waals surface area contributed by atoms with E-state index in [-0.39, 0.29) is 22.6 Å². The smallest absolute Gasteiger partial charge is 0.270 e. The van der Waals surface area contributed by atoms with Gasteiger partial charge in [0.25, 0.3) is 17.9 Å². The summed E-state index contributed by atoms with van der Waals surface area (Å²) in [7, 11) is 0. The number of H-pyrrole nitrogens is 1. The van der Waals surface area contributed by atoms with Crippen molar-refractivity contribution < 1.29 is 18.0 Å². The standard InChI is InChI=1S/C26H28F3N5O2/c27-20-3-1-2-17-13-22(32-26(36)24(17)20)16-4-5-18(12-16)33-8-10-34(11-9-33)19-6-7-21(30-14-19)25(35)31-15-23(28)29/h1-3,6-7,13-14,16,18,23H,4-5,8-12,15H2,(H,31,35)(H,32,36)/t16-,18+/m1/s1. The van der Waals surface area contributed by atoms with Gasteiger partial charge in [-0.25, -0.2) is 18.2 Å². The number of rotatable bonds is 6. The van der Waals surface area contributed by atoms with E-state index in [9.17, 15) is 22.8 Å². The number of aromatic amines is 1. The number of halogens is 3. The van der Waals surface area contributed by atoms with E-state index in [2.05, 4.69) is 25.1 Å². The number of aromatic nitrogens is 2. The second-order valence-electron chi connectivity index (χ2n) is 9.45. The Kier molecular flexibility index (Phi) is 6.95. The summed E-state index contributed by atoms with van der Waals surface area (Å²) in [6.45, 7) is 2.69. The topological polar surface area (TPSA) is 81.3 Å². The van der Waals surface area contributed by atoms with E-state index >= 15 is 0 Å². The molecule has 10 heteroatoms. The van der Waals surface area contributed by atoms with Gasteiger partial charge in [0.15, 0.2) is 0 Å². The summed E-state index contributed by atoms with van der Waals surface area (Å²) in [6, 6.07) is 10.4. The van der Waals surface area contributed by atoms with E-state index in [0.29, 0.717) is 11.4 Å². The number of hydrogen-bond acceptors (Lipinski definition) is 5. The molecule has 190 valence electrons. The number of carbonyl (C=O) groups excluding carboxylic acids is 1. The zero-order chi connectivity index (χ0) is 25.2. The van der Waals surface area contributed by atoms with Crippen LogP contribution in [0, 0.1) is 5.82 Å². The molecule has 2 aliphatic rings. The van der Waals surface area contributed by atoms with Crippen LogP contribution in [0.1, 0.15) is 41.4 Å². The van der Waals surface area contributed by atoms with Crippen molar-refractivity contribution >= 4 is 22.4 Å². The lowest BCUT2D eigenvalue weighted by Crippen LogP contribution is -2.49. The number of alkyl halides is 2. The number of amides is 1. The molecule has 0 unspecified atom stereocenters. The molecule has 0 spiro atoms. The number of piperazine rings is 1. The minimum Gasteiger partial charge on any atom is -0.368 e. The van der Waals surface area contributed by atoms with Crippen molar-refractivity contribution in [3.05, 3.63) is 70.2 Å². The number of carbonyl (C=O) groups is 1. The maximum Gasteiger partial charge on any atom is 0.270 e. The van der Waals surface area contributed by atoms with Crippen LogP contribution < -0.4 is 15.8 Å². The van der Waals surface area contributed by atoms with Crippen LogP contribution in [-0.2, 0) is 0 Å². The van der Waals surface area contributed by atoms with Crippen LogP contribution in [-0.4, -0.2) is 66.0 Å². The largest absolute Gasteiger partial charge is 0.368 e. The van der Waals surface area contributed by atoms with Gasteiger partial charge in [-0.3, -0.25) is 14.5 Å². The second kappa shape index (κ2) is 10.3. The van der Waals surface area contributed by atoms with Gasteiger partial charge in [0.05, 0.1) is 23.8 Å². The number of hydrogen-bond donors (Lipinski definition) is 2. The van der Waals surface area contributed by atoms with Crippen molar-refractivity contribution in [2.75, 3.05) is 37.6 Å². The predicted molar refractivity (Wildman–Crippen MR) is 131 cm³/mol. The molecule has 1 aliphatic carbocycles. The number of benzene rings is 1. The maximum atomic E-state index is 14.1. The number of anilines is 1. The second-order valence-corrected chi connectivity index (χ2v) is 9.45. The molecular formula is C26H28F3N5O2. The molecule has 0 bridgehead atoms. The summed E-state index contributed by atoms with van der Waals surface area (Å²) in [5.41, 5.74) is 1.52. The fraction of sp³-hybridized carbons (Fsp3) is 0.423. The van der Waals surface area contributed by atoms with E-state index in [1.54, 1.807) is 30.5 Å². The highest BCUT2D eigenvalue weighted by atomic mass is 19.3. The first kappa shape index (κ1) is 24.3. The lowest BCUT2D eigenvalue weighted by Gasteiger charge is -2.39. The minimum atomic E-state index is -2.60. The summed E-state index contributed by atoms with van der Waals surface area (Å²) < 4.78 is 38.6. The molecule has 3 aromatic rings. The lowest BCUT2D eigenvalue weighted by atomic mass is 10.00. The molecule has 3 heterocycles. The molecule has 2 N–H and O–H groups in total. The number of pyridine rings is 2. The van der Waals surface area contributed by atoms with Gasteiger partial charge in [-0.1, -0.05) is 12.1 Å². The van der Waals surface area contributed by atoms with E-state index in [1.165, 1.54) is 6.07 Å². The number of nitrogens with zero attached hydrogens (tertiary/aromatic N) is 3. The number of nitrogens with one attached hydrogen (secondary N) is 2. The summed E-state index contributed by atoms with van der Waals surface area (Å²) in [4.78, 5) is 36.1. The van der Waals surface area contributed by atoms with Gasteiger partial charge in [-0.2, -0.15) is 0 Å². The van der Waals surface area contributed by atoms with E-state index < -0.39 is 24.7 Å². The van der Waals surface area contributed by atoms with Crippen molar-refractivity contribution in [1.29, 1.82) is 0 Å². The molecule has 2 aromatic heterocycles. The predicted octanol–water partition coefficient (Wildman–Crippen LogP) is 3.52. The Morgan fingerprint density at radius 2 is 1.94 bits per heavy atom. The fourth-order valence-corrected chi connectivity index (χ4v) is 5.40. The summed E-state index contributed by atoms with van der Waals surface area (Å²) >= 11 is 0. The molecule has 1 saturated carbocycles. The van der Waals surface area contributed by atoms with Gasteiger partial charge < -0.3 is 15.2 Å². The average Bonchev–Trinajstić information content (AvgIpc) is 3.38. The van der Waals surface area contributed by atoms with Crippen molar-refractivity contribution in [3.8, 4) is 0 Å². The van der Waals surface area contributed by atoms with Crippen LogP contribution in [0.15, 0.2) is 47.4 Å². The molecule has 2 atom stereocenters. The summed E-state index contributed by atoms with van der Waals surface area (Å²) in [6.07, 6.45) is 1.97. The van der Waals surface area contributed by atoms with Crippen LogP contribution in [0.25, 0.3) is 10.8 Å². The molecule has 1 amide bonds. The van der Waals surface area contributed by atoms with Crippen LogP contribution in [0.4, 0.5) is 18.9 Å². The molecule has 2 fully saturated rings. The molecular weight excluding hydrogens is 471 g/mol. The molecule has 36 heavy (non-hydrogen) atoms. The zero-order valence-electron chi connectivity index (χ0n) is 19.7.